The highest BCUT2D eigenvalue weighted by Crippen LogP contribution is 2.30. The quantitative estimate of drug-likeness (QED) is 0.269. The van der Waals surface area contributed by atoms with Crippen LogP contribution in [0.25, 0.3) is 21.8 Å². The third-order valence-corrected chi connectivity index (χ3v) is 4.49. The van der Waals surface area contributed by atoms with Crippen LogP contribution in [-0.4, -0.2) is 11.2 Å². The number of para-hydroxylation sites is 2. The molecule has 0 aliphatic rings. The molecule has 0 bridgehead atoms. The minimum Gasteiger partial charge on any atom is -0.277 e. The van der Waals surface area contributed by atoms with Gasteiger partial charge in [0.15, 0.2) is 0 Å². The Morgan fingerprint density at radius 3 is 2.12 bits per heavy atom. The topological polar surface area (TPSA) is 37.3 Å². The molecular formula is C20H13Cl2N3. The number of hydrogen-bond acceptors (Lipinski definition) is 3. The Balaban J connectivity index is 1.78. The number of pyridine rings is 1. The minimum atomic E-state index is 0.558. The molecule has 4 aromatic rings. The molecule has 3 aromatic carbocycles. The molecule has 1 N–H and O–H groups in total. The standard InChI is InChI=1S/C20H13Cl2N3/c21-14-10-9-13(17(22)11-14)12-23-25-20-15-5-1-3-7-18(15)24-19-8-4-2-6-16(19)20/h1-12H,(H,24,25)/b23-12+. The van der Waals surface area contributed by atoms with Crippen molar-refractivity contribution < 1.29 is 0 Å². The minimum absolute atomic E-state index is 0.558. The molecule has 122 valence electrons. The van der Waals surface area contributed by atoms with Crippen molar-refractivity contribution in [1.29, 1.82) is 0 Å². The van der Waals surface area contributed by atoms with E-state index in [-0.39, 0.29) is 0 Å². The maximum Gasteiger partial charge on any atom is 0.0749 e. The third kappa shape index (κ3) is 3.16. The van der Waals surface area contributed by atoms with E-state index < -0.39 is 0 Å². The number of hydrazone groups is 1. The van der Waals surface area contributed by atoms with Crippen LogP contribution in [-0.2, 0) is 0 Å². The van der Waals surface area contributed by atoms with E-state index in [9.17, 15) is 0 Å². The van der Waals surface area contributed by atoms with Crippen LogP contribution in [0.4, 0.5) is 5.69 Å². The SMILES string of the molecule is Clc1ccc(/C=N/Nc2c3ccccc3nc3ccccc23)c(Cl)c1. The lowest BCUT2D eigenvalue weighted by molar-refractivity contribution is 1.36. The molecule has 0 saturated carbocycles. The zero-order valence-corrected chi connectivity index (χ0v) is 14.6. The van der Waals surface area contributed by atoms with Crippen LogP contribution in [0.2, 0.25) is 10.0 Å². The molecule has 0 saturated heterocycles. The Morgan fingerprint density at radius 2 is 1.48 bits per heavy atom. The van der Waals surface area contributed by atoms with Crippen molar-refractivity contribution >= 4 is 56.9 Å². The number of fused-ring (bicyclic) bond motifs is 2. The van der Waals surface area contributed by atoms with E-state index >= 15 is 0 Å². The van der Waals surface area contributed by atoms with E-state index in [0.29, 0.717) is 10.0 Å². The number of nitrogens with one attached hydrogen (secondary N) is 1. The Bertz CT molecular complexity index is 1050. The molecule has 4 rings (SSSR count). The molecule has 1 aromatic heterocycles. The Kier molecular flexibility index (Phi) is 4.26. The van der Waals surface area contributed by atoms with Crippen molar-refractivity contribution in [1.82, 2.24) is 4.98 Å². The van der Waals surface area contributed by atoms with E-state index in [1.54, 1.807) is 18.3 Å². The number of benzene rings is 3. The van der Waals surface area contributed by atoms with Crippen LogP contribution >= 0.6 is 23.2 Å². The second-order valence-electron chi connectivity index (χ2n) is 5.56. The normalized spacial score (nSPS) is 11.4. The van der Waals surface area contributed by atoms with Gasteiger partial charge in [0.05, 0.1) is 28.0 Å². The van der Waals surface area contributed by atoms with Gasteiger partial charge < -0.3 is 0 Å². The molecule has 3 nitrogen and oxygen atoms in total. The molecule has 5 heteroatoms. The molecule has 0 radical (unpaired) electrons. The Hall–Kier alpha value is -2.62. The van der Waals surface area contributed by atoms with Gasteiger partial charge >= 0.3 is 0 Å². The highest BCUT2D eigenvalue weighted by molar-refractivity contribution is 6.36. The second kappa shape index (κ2) is 6.71. The molecule has 25 heavy (non-hydrogen) atoms. The smallest absolute Gasteiger partial charge is 0.0749 e. The summed E-state index contributed by atoms with van der Waals surface area (Å²) in [5, 5.41) is 7.56. The van der Waals surface area contributed by atoms with Crippen LogP contribution in [0.5, 0.6) is 0 Å². The summed E-state index contributed by atoms with van der Waals surface area (Å²) >= 11 is 12.1. The van der Waals surface area contributed by atoms with Crippen LogP contribution in [0.3, 0.4) is 0 Å². The highest BCUT2D eigenvalue weighted by atomic mass is 35.5. The summed E-state index contributed by atoms with van der Waals surface area (Å²) in [5.74, 6) is 0. The summed E-state index contributed by atoms with van der Waals surface area (Å²) < 4.78 is 0. The van der Waals surface area contributed by atoms with Crippen LogP contribution in [0.15, 0.2) is 71.8 Å². The van der Waals surface area contributed by atoms with E-state index in [2.05, 4.69) is 10.5 Å². The average molecular weight is 366 g/mol. The van der Waals surface area contributed by atoms with E-state index in [0.717, 1.165) is 33.1 Å². The monoisotopic (exact) mass is 365 g/mol. The largest absolute Gasteiger partial charge is 0.277 e. The molecule has 0 aliphatic heterocycles. The molecule has 0 aliphatic carbocycles. The molecule has 0 amide bonds. The van der Waals surface area contributed by atoms with Crippen molar-refractivity contribution in [3.8, 4) is 0 Å². The van der Waals surface area contributed by atoms with Crippen molar-refractivity contribution in [2.75, 3.05) is 5.43 Å². The summed E-state index contributed by atoms with van der Waals surface area (Å²) in [7, 11) is 0. The number of anilines is 1. The molecule has 0 unspecified atom stereocenters. The predicted octanol–water partition coefficient (Wildman–Crippen LogP) is 6.14. The first-order chi connectivity index (χ1) is 12.2. The number of nitrogens with zero attached hydrogens (tertiary/aromatic N) is 2. The maximum atomic E-state index is 6.19. The summed E-state index contributed by atoms with van der Waals surface area (Å²) in [5.41, 5.74) is 6.71. The highest BCUT2D eigenvalue weighted by Gasteiger charge is 2.07. The van der Waals surface area contributed by atoms with E-state index in [4.69, 9.17) is 28.2 Å². The molecular weight excluding hydrogens is 353 g/mol. The summed E-state index contributed by atoms with van der Waals surface area (Å²) in [6.07, 6.45) is 1.68. The number of rotatable bonds is 3. The molecule has 1 heterocycles. The van der Waals surface area contributed by atoms with Gasteiger partial charge in [0.2, 0.25) is 0 Å². The van der Waals surface area contributed by atoms with Crippen LogP contribution < -0.4 is 5.43 Å². The van der Waals surface area contributed by atoms with Gasteiger partial charge in [-0.1, -0.05) is 65.7 Å². The van der Waals surface area contributed by atoms with Crippen molar-refractivity contribution in [3.05, 3.63) is 82.3 Å². The fourth-order valence-corrected chi connectivity index (χ4v) is 3.19. The number of aromatic nitrogens is 1. The van der Waals surface area contributed by atoms with Gasteiger partial charge in [0.25, 0.3) is 0 Å². The van der Waals surface area contributed by atoms with Gasteiger partial charge in [0, 0.05) is 21.4 Å². The maximum absolute atomic E-state index is 6.19. The van der Waals surface area contributed by atoms with Crippen molar-refractivity contribution in [3.63, 3.8) is 0 Å². The molecule has 0 fully saturated rings. The summed E-state index contributed by atoms with van der Waals surface area (Å²) in [6.45, 7) is 0. The zero-order valence-electron chi connectivity index (χ0n) is 13.1. The lowest BCUT2D eigenvalue weighted by Gasteiger charge is -2.10. The van der Waals surface area contributed by atoms with Gasteiger partial charge in [0.1, 0.15) is 0 Å². The van der Waals surface area contributed by atoms with Crippen molar-refractivity contribution in [2.24, 2.45) is 5.10 Å². The zero-order chi connectivity index (χ0) is 17.2. The second-order valence-corrected chi connectivity index (χ2v) is 6.40. The van der Waals surface area contributed by atoms with Crippen molar-refractivity contribution in [2.45, 2.75) is 0 Å². The van der Waals surface area contributed by atoms with Gasteiger partial charge in [-0.2, -0.15) is 5.10 Å². The first kappa shape index (κ1) is 15.9. The predicted molar refractivity (Wildman–Crippen MR) is 107 cm³/mol. The van der Waals surface area contributed by atoms with E-state index in [1.807, 2.05) is 54.6 Å². The number of hydrogen-bond donors (Lipinski definition) is 1. The fraction of sp³-hybridized carbons (Fsp3) is 0. The van der Waals surface area contributed by atoms with Gasteiger partial charge in [-0.3, -0.25) is 5.43 Å². The first-order valence-corrected chi connectivity index (χ1v) is 8.49. The third-order valence-electron chi connectivity index (χ3n) is 3.93. The average Bonchev–Trinajstić information content (AvgIpc) is 2.63. The number of halogens is 2. The van der Waals surface area contributed by atoms with Gasteiger partial charge in [-0.15, -0.1) is 0 Å². The van der Waals surface area contributed by atoms with Gasteiger partial charge in [-0.05, 0) is 24.3 Å². The lowest BCUT2D eigenvalue weighted by Crippen LogP contribution is -1.95. The van der Waals surface area contributed by atoms with Gasteiger partial charge in [-0.25, -0.2) is 4.98 Å². The van der Waals surface area contributed by atoms with E-state index in [1.165, 1.54) is 0 Å². The lowest BCUT2D eigenvalue weighted by atomic mass is 10.1. The van der Waals surface area contributed by atoms with Crippen LogP contribution in [0, 0.1) is 0 Å². The molecule has 0 spiro atoms. The summed E-state index contributed by atoms with van der Waals surface area (Å²) in [6, 6.07) is 21.3. The molecule has 0 atom stereocenters. The summed E-state index contributed by atoms with van der Waals surface area (Å²) in [4.78, 5) is 4.70. The fourth-order valence-electron chi connectivity index (χ4n) is 2.73. The Morgan fingerprint density at radius 1 is 0.840 bits per heavy atom. The Labute approximate surface area is 154 Å². The van der Waals surface area contributed by atoms with Crippen LogP contribution in [0.1, 0.15) is 5.56 Å². The first-order valence-electron chi connectivity index (χ1n) is 7.74.